The molecule has 1 N–H and O–H groups in total. The third kappa shape index (κ3) is 4.02. The lowest BCUT2D eigenvalue weighted by atomic mass is 10.1. The van der Waals surface area contributed by atoms with Crippen LogP contribution in [0.25, 0.3) is 0 Å². The molecule has 0 unspecified atom stereocenters. The summed E-state index contributed by atoms with van der Waals surface area (Å²) < 4.78 is 0. The number of nitrogens with zero attached hydrogens (tertiary/aromatic N) is 1. The maximum Gasteiger partial charge on any atom is 0.205 e. The van der Waals surface area contributed by atoms with Crippen LogP contribution in [0, 0.1) is 0 Å². The van der Waals surface area contributed by atoms with Gasteiger partial charge in [-0.1, -0.05) is 30.3 Å². The van der Waals surface area contributed by atoms with Crippen LogP contribution in [0.5, 0.6) is 0 Å². The van der Waals surface area contributed by atoms with Crippen molar-refractivity contribution in [1.29, 1.82) is 0 Å². The molecule has 2 aromatic heterocycles. The van der Waals surface area contributed by atoms with Crippen molar-refractivity contribution in [2.24, 2.45) is 0 Å². The van der Waals surface area contributed by atoms with Crippen molar-refractivity contribution < 1.29 is 9.59 Å². The topological polar surface area (TPSA) is 62.8 Å². The van der Waals surface area contributed by atoms with Crippen molar-refractivity contribution in [3.63, 3.8) is 0 Å². The van der Waals surface area contributed by atoms with Gasteiger partial charge in [0.25, 0.3) is 0 Å². The number of ketones is 2. The minimum atomic E-state index is -0.278. The fraction of sp³-hybridized carbons (Fsp3) is 0.167. The van der Waals surface area contributed by atoms with E-state index in [2.05, 4.69) is 22.1 Å². The van der Waals surface area contributed by atoms with E-state index >= 15 is 0 Å². The van der Waals surface area contributed by atoms with Gasteiger partial charge in [-0.3, -0.25) is 9.59 Å². The summed E-state index contributed by atoms with van der Waals surface area (Å²) in [4.78, 5) is 32.5. The molecular formula is C18H16N2O2S. The third-order valence-corrected chi connectivity index (χ3v) is 4.71. The zero-order chi connectivity index (χ0) is 16.1. The Morgan fingerprint density at radius 3 is 2.57 bits per heavy atom. The third-order valence-electron chi connectivity index (χ3n) is 3.52. The quantitative estimate of drug-likeness (QED) is 0.532. The standard InChI is InChI=1S/C18H16N2O2S/c21-15(12-16(22)18-19-10-11-20-18)17-9-8-14(23-17)7-6-13-4-2-1-3-5-13/h1-5,8-11H,6-7,12H2,(H,19,20). The number of hydrogen-bond donors (Lipinski definition) is 1. The van der Waals surface area contributed by atoms with Gasteiger partial charge >= 0.3 is 0 Å². The summed E-state index contributed by atoms with van der Waals surface area (Å²) in [6, 6.07) is 14.0. The first kappa shape index (κ1) is 15.4. The fourth-order valence-electron chi connectivity index (χ4n) is 2.31. The number of aromatic nitrogens is 2. The highest BCUT2D eigenvalue weighted by Crippen LogP contribution is 2.20. The SMILES string of the molecule is O=C(CC(=O)c1ccc(CCc2ccccc2)s1)c1ncc[nH]1. The van der Waals surface area contributed by atoms with Crippen LogP contribution in [0.3, 0.4) is 0 Å². The normalized spacial score (nSPS) is 10.6. The molecule has 1 aromatic carbocycles. The number of nitrogens with one attached hydrogen (secondary N) is 1. The molecule has 0 atom stereocenters. The maximum absolute atomic E-state index is 12.2. The van der Waals surface area contributed by atoms with Crippen LogP contribution in [0.2, 0.25) is 0 Å². The summed E-state index contributed by atoms with van der Waals surface area (Å²) in [5.41, 5.74) is 1.28. The molecule has 2 heterocycles. The van der Waals surface area contributed by atoms with Gasteiger partial charge in [0.2, 0.25) is 5.78 Å². The minimum absolute atomic E-state index is 0.147. The Morgan fingerprint density at radius 2 is 1.83 bits per heavy atom. The Morgan fingerprint density at radius 1 is 1.00 bits per heavy atom. The molecule has 4 nitrogen and oxygen atoms in total. The van der Waals surface area contributed by atoms with Gasteiger partial charge in [0.1, 0.15) is 0 Å². The summed E-state index contributed by atoms with van der Waals surface area (Å²) >= 11 is 1.47. The second-order valence-corrected chi connectivity index (χ2v) is 6.38. The van der Waals surface area contributed by atoms with Crippen LogP contribution in [-0.2, 0) is 12.8 Å². The van der Waals surface area contributed by atoms with Crippen molar-refractivity contribution in [3.8, 4) is 0 Å². The lowest BCUT2D eigenvalue weighted by molar-refractivity contribution is 0.0891. The first-order valence-corrected chi connectivity index (χ1v) is 8.22. The number of thiophene rings is 1. The molecule has 0 bridgehead atoms. The minimum Gasteiger partial charge on any atom is -0.342 e. The van der Waals surface area contributed by atoms with Crippen LogP contribution in [0.15, 0.2) is 54.9 Å². The summed E-state index contributed by atoms with van der Waals surface area (Å²) in [5, 5.41) is 0. The van der Waals surface area contributed by atoms with E-state index in [0.717, 1.165) is 17.7 Å². The first-order chi connectivity index (χ1) is 11.2. The lowest BCUT2D eigenvalue weighted by Gasteiger charge is -1.99. The number of hydrogen-bond acceptors (Lipinski definition) is 4. The lowest BCUT2D eigenvalue weighted by Crippen LogP contribution is -2.08. The van der Waals surface area contributed by atoms with E-state index in [0.29, 0.717) is 4.88 Å². The molecule has 3 aromatic rings. The monoisotopic (exact) mass is 324 g/mol. The average Bonchev–Trinajstić information content (AvgIpc) is 3.25. The van der Waals surface area contributed by atoms with Crippen LogP contribution in [0.1, 0.15) is 37.2 Å². The van der Waals surface area contributed by atoms with Gasteiger partial charge in [-0.25, -0.2) is 4.98 Å². The molecule has 0 amide bonds. The molecule has 0 aliphatic rings. The predicted octanol–water partition coefficient (Wildman–Crippen LogP) is 3.71. The first-order valence-electron chi connectivity index (χ1n) is 7.41. The van der Waals surface area contributed by atoms with Crippen LogP contribution < -0.4 is 0 Å². The zero-order valence-electron chi connectivity index (χ0n) is 12.5. The maximum atomic E-state index is 12.2. The largest absolute Gasteiger partial charge is 0.342 e. The second kappa shape index (κ2) is 7.15. The smallest absolute Gasteiger partial charge is 0.205 e. The van der Waals surface area contributed by atoms with Crippen molar-refractivity contribution in [2.45, 2.75) is 19.3 Å². The Kier molecular flexibility index (Phi) is 4.78. The van der Waals surface area contributed by atoms with Gasteiger partial charge in [0.15, 0.2) is 11.6 Å². The van der Waals surface area contributed by atoms with Gasteiger partial charge in [0.05, 0.1) is 11.3 Å². The van der Waals surface area contributed by atoms with E-state index in [1.54, 1.807) is 6.20 Å². The summed E-state index contributed by atoms with van der Waals surface area (Å²) in [6.07, 6.45) is 4.77. The molecule has 116 valence electrons. The molecule has 0 radical (unpaired) electrons. The van der Waals surface area contributed by atoms with Crippen LogP contribution in [0.4, 0.5) is 0 Å². The molecule has 23 heavy (non-hydrogen) atoms. The summed E-state index contributed by atoms with van der Waals surface area (Å²) in [7, 11) is 0. The highest BCUT2D eigenvalue weighted by atomic mass is 32.1. The van der Waals surface area contributed by atoms with Gasteiger partial charge in [0, 0.05) is 17.3 Å². The molecule has 0 aliphatic heterocycles. The number of aromatic amines is 1. The van der Waals surface area contributed by atoms with E-state index in [1.807, 2.05) is 30.3 Å². The number of carbonyl (C=O) groups excluding carboxylic acids is 2. The van der Waals surface area contributed by atoms with Crippen LogP contribution >= 0.6 is 11.3 Å². The molecule has 5 heteroatoms. The Labute approximate surface area is 138 Å². The number of imidazole rings is 1. The molecule has 0 aliphatic carbocycles. The number of Topliss-reactive ketones (excluding diaryl/α,β-unsaturated/α-hetero) is 2. The number of carbonyl (C=O) groups is 2. The number of rotatable bonds is 7. The Hall–Kier alpha value is -2.53. The second-order valence-electron chi connectivity index (χ2n) is 5.21. The summed E-state index contributed by atoms with van der Waals surface area (Å²) in [5.74, 6) is -0.194. The molecular weight excluding hydrogens is 308 g/mol. The predicted molar refractivity (Wildman–Crippen MR) is 90.0 cm³/mol. The van der Waals surface area contributed by atoms with Gasteiger partial charge in [-0.15, -0.1) is 11.3 Å². The Bertz CT molecular complexity index is 792. The van der Waals surface area contributed by atoms with E-state index in [4.69, 9.17) is 0 Å². The molecule has 0 saturated carbocycles. The van der Waals surface area contributed by atoms with E-state index in [9.17, 15) is 9.59 Å². The van der Waals surface area contributed by atoms with Gasteiger partial charge in [-0.2, -0.15) is 0 Å². The van der Waals surface area contributed by atoms with Crippen LogP contribution in [-0.4, -0.2) is 21.5 Å². The highest BCUT2D eigenvalue weighted by molar-refractivity contribution is 7.14. The molecule has 3 rings (SSSR count). The van der Waals surface area contributed by atoms with Crippen molar-refractivity contribution >= 4 is 22.9 Å². The number of aryl methyl sites for hydroxylation is 2. The zero-order valence-corrected chi connectivity index (χ0v) is 13.3. The Balaban J connectivity index is 1.58. The number of benzene rings is 1. The van der Waals surface area contributed by atoms with Crippen molar-refractivity contribution in [1.82, 2.24) is 9.97 Å². The van der Waals surface area contributed by atoms with E-state index < -0.39 is 0 Å². The molecule has 0 fully saturated rings. The van der Waals surface area contributed by atoms with Crippen molar-refractivity contribution in [2.75, 3.05) is 0 Å². The molecule has 0 spiro atoms. The van der Waals surface area contributed by atoms with Gasteiger partial charge < -0.3 is 4.98 Å². The van der Waals surface area contributed by atoms with E-state index in [1.165, 1.54) is 23.1 Å². The van der Waals surface area contributed by atoms with Crippen molar-refractivity contribution in [3.05, 3.63) is 76.0 Å². The van der Waals surface area contributed by atoms with E-state index in [-0.39, 0.29) is 23.8 Å². The summed E-state index contributed by atoms with van der Waals surface area (Å²) in [6.45, 7) is 0. The number of H-pyrrole nitrogens is 1. The highest BCUT2D eigenvalue weighted by Gasteiger charge is 2.17. The van der Waals surface area contributed by atoms with Gasteiger partial charge in [-0.05, 0) is 30.5 Å². The average molecular weight is 324 g/mol. The fourth-order valence-corrected chi connectivity index (χ4v) is 3.25. The molecule has 0 saturated heterocycles.